The van der Waals surface area contributed by atoms with Crippen molar-refractivity contribution in [1.82, 2.24) is 0 Å². The van der Waals surface area contributed by atoms with Gasteiger partial charge in [-0.1, -0.05) is 13.0 Å². The Balaban J connectivity index is 2.65. The first-order chi connectivity index (χ1) is 7.65. The number of methoxy groups -OCH3 is 1. The maximum absolute atomic E-state index is 7.31. The fourth-order valence-corrected chi connectivity index (χ4v) is 2.54. The predicted molar refractivity (Wildman–Crippen MR) is 69.5 cm³/mol. The van der Waals surface area contributed by atoms with Crippen LogP contribution in [0.5, 0.6) is 5.75 Å². The van der Waals surface area contributed by atoms with Gasteiger partial charge in [0.1, 0.15) is 5.75 Å². The molecule has 0 aromatic heterocycles. The molecule has 1 atom stereocenters. The molecule has 0 bridgehead atoms. The third-order valence-electron chi connectivity index (χ3n) is 2.25. The highest BCUT2D eigenvalue weighted by molar-refractivity contribution is 8.00. The van der Waals surface area contributed by atoms with E-state index in [0.29, 0.717) is 11.7 Å². The van der Waals surface area contributed by atoms with Gasteiger partial charge in [-0.15, -0.1) is 11.8 Å². The summed E-state index contributed by atoms with van der Waals surface area (Å²) in [6, 6.07) is 7.96. The number of benzene rings is 1. The summed E-state index contributed by atoms with van der Waals surface area (Å²) >= 11 is 1.75. The zero-order chi connectivity index (χ0) is 12.0. The highest BCUT2D eigenvalue weighted by Crippen LogP contribution is 2.29. The first kappa shape index (κ1) is 12.9. The lowest BCUT2D eigenvalue weighted by Crippen LogP contribution is -2.16. The summed E-state index contributed by atoms with van der Waals surface area (Å²) in [5.74, 6) is 1.12. The molecule has 16 heavy (non-hydrogen) atoms. The van der Waals surface area contributed by atoms with Crippen molar-refractivity contribution in [3.05, 3.63) is 24.3 Å². The van der Waals surface area contributed by atoms with Crippen molar-refractivity contribution in [2.75, 3.05) is 7.11 Å². The lowest BCUT2D eigenvalue weighted by molar-refractivity contribution is 0.413. The lowest BCUT2D eigenvalue weighted by atomic mass is 10.2. The summed E-state index contributed by atoms with van der Waals surface area (Å²) in [6.45, 7) is 2.11. The van der Waals surface area contributed by atoms with Crippen molar-refractivity contribution in [2.45, 2.75) is 29.9 Å². The van der Waals surface area contributed by atoms with E-state index in [-0.39, 0.29) is 5.84 Å². The fourth-order valence-electron chi connectivity index (χ4n) is 1.38. The number of ether oxygens (including phenoxy) is 1. The molecule has 0 saturated carbocycles. The number of nitrogens with one attached hydrogen (secondary N) is 1. The molecule has 1 aromatic rings. The predicted octanol–water partition coefficient (Wildman–Crippen LogP) is 2.89. The molecule has 3 N–H and O–H groups in total. The number of amidine groups is 1. The van der Waals surface area contributed by atoms with Crippen LogP contribution in [0.3, 0.4) is 0 Å². The second-order valence-electron chi connectivity index (χ2n) is 3.56. The maximum Gasteiger partial charge on any atom is 0.119 e. The zero-order valence-electron chi connectivity index (χ0n) is 9.69. The molecular formula is C12H18N2OS. The third-order valence-corrected chi connectivity index (χ3v) is 3.61. The third kappa shape index (κ3) is 4.14. The van der Waals surface area contributed by atoms with Crippen LogP contribution in [0.25, 0.3) is 0 Å². The molecule has 0 saturated heterocycles. The van der Waals surface area contributed by atoms with Gasteiger partial charge in [-0.2, -0.15) is 0 Å². The molecule has 1 unspecified atom stereocenters. The van der Waals surface area contributed by atoms with Gasteiger partial charge in [0.2, 0.25) is 0 Å². The van der Waals surface area contributed by atoms with Crippen LogP contribution in [-0.2, 0) is 0 Å². The van der Waals surface area contributed by atoms with Gasteiger partial charge in [0.25, 0.3) is 0 Å². The van der Waals surface area contributed by atoms with E-state index in [0.717, 1.165) is 17.1 Å². The van der Waals surface area contributed by atoms with E-state index in [1.165, 1.54) is 0 Å². The van der Waals surface area contributed by atoms with Crippen LogP contribution >= 0.6 is 11.8 Å². The molecule has 1 rings (SSSR count). The van der Waals surface area contributed by atoms with E-state index in [1.807, 2.05) is 18.2 Å². The summed E-state index contributed by atoms with van der Waals surface area (Å²) in [4.78, 5) is 1.16. The monoisotopic (exact) mass is 238 g/mol. The minimum Gasteiger partial charge on any atom is -0.497 e. The van der Waals surface area contributed by atoms with E-state index < -0.39 is 0 Å². The second kappa shape index (κ2) is 6.43. The smallest absolute Gasteiger partial charge is 0.119 e. The van der Waals surface area contributed by atoms with Gasteiger partial charge < -0.3 is 10.5 Å². The highest BCUT2D eigenvalue weighted by Gasteiger charge is 2.10. The van der Waals surface area contributed by atoms with Crippen LogP contribution in [0.1, 0.15) is 19.8 Å². The molecule has 0 spiro atoms. The van der Waals surface area contributed by atoms with Crippen LogP contribution in [0, 0.1) is 5.41 Å². The second-order valence-corrected chi connectivity index (χ2v) is 4.93. The summed E-state index contributed by atoms with van der Waals surface area (Å²) in [6.07, 6.45) is 1.64. The van der Waals surface area contributed by atoms with Crippen LogP contribution < -0.4 is 10.5 Å². The Hall–Kier alpha value is -1.16. The van der Waals surface area contributed by atoms with E-state index in [9.17, 15) is 0 Å². The first-order valence-electron chi connectivity index (χ1n) is 5.29. The molecule has 0 amide bonds. The molecule has 0 radical (unpaired) electrons. The van der Waals surface area contributed by atoms with Crippen LogP contribution in [0.2, 0.25) is 0 Å². The number of hydrogen-bond acceptors (Lipinski definition) is 3. The summed E-state index contributed by atoms with van der Waals surface area (Å²) in [7, 11) is 1.66. The largest absolute Gasteiger partial charge is 0.497 e. The van der Waals surface area contributed by atoms with Gasteiger partial charge in [-0.05, 0) is 24.6 Å². The van der Waals surface area contributed by atoms with E-state index in [1.54, 1.807) is 18.9 Å². The number of hydrogen-bond donors (Lipinski definition) is 2. The van der Waals surface area contributed by atoms with Crippen LogP contribution in [0.4, 0.5) is 0 Å². The summed E-state index contributed by atoms with van der Waals surface area (Å²) in [5, 5.41) is 7.68. The SMILES string of the molecule is CCC(CC(=N)N)Sc1cccc(OC)c1. The fraction of sp³-hybridized carbons (Fsp3) is 0.417. The molecule has 0 aliphatic rings. The molecule has 0 aliphatic heterocycles. The molecular weight excluding hydrogens is 220 g/mol. The Morgan fingerprint density at radius 3 is 2.88 bits per heavy atom. The van der Waals surface area contributed by atoms with E-state index in [4.69, 9.17) is 15.9 Å². The van der Waals surface area contributed by atoms with Gasteiger partial charge >= 0.3 is 0 Å². The first-order valence-corrected chi connectivity index (χ1v) is 6.17. The van der Waals surface area contributed by atoms with Gasteiger partial charge in [-0.3, -0.25) is 5.41 Å². The normalized spacial score (nSPS) is 12.1. The molecule has 0 fully saturated rings. The van der Waals surface area contributed by atoms with Crippen LogP contribution in [-0.4, -0.2) is 18.2 Å². The zero-order valence-corrected chi connectivity index (χ0v) is 10.5. The lowest BCUT2D eigenvalue weighted by Gasteiger charge is -2.13. The average molecular weight is 238 g/mol. The molecule has 0 heterocycles. The Kier molecular flexibility index (Phi) is 5.19. The average Bonchev–Trinajstić information content (AvgIpc) is 2.28. The molecule has 3 nitrogen and oxygen atoms in total. The number of thioether (sulfide) groups is 1. The highest BCUT2D eigenvalue weighted by atomic mass is 32.2. The Bertz CT molecular complexity index is 355. The van der Waals surface area contributed by atoms with Crippen molar-refractivity contribution >= 4 is 17.6 Å². The minimum atomic E-state index is 0.252. The van der Waals surface area contributed by atoms with Crippen molar-refractivity contribution in [3.63, 3.8) is 0 Å². The Morgan fingerprint density at radius 2 is 2.31 bits per heavy atom. The van der Waals surface area contributed by atoms with Crippen molar-refractivity contribution in [3.8, 4) is 5.75 Å². The molecule has 4 heteroatoms. The van der Waals surface area contributed by atoms with Crippen LogP contribution in [0.15, 0.2) is 29.2 Å². The van der Waals surface area contributed by atoms with Crippen molar-refractivity contribution < 1.29 is 4.74 Å². The number of rotatable bonds is 6. The topological polar surface area (TPSA) is 59.1 Å². The maximum atomic E-state index is 7.31. The Morgan fingerprint density at radius 1 is 1.56 bits per heavy atom. The summed E-state index contributed by atoms with van der Waals surface area (Å²) < 4.78 is 5.17. The standard InChI is InChI=1S/C12H18N2OS/c1-3-10(8-12(13)14)16-11-6-4-5-9(7-11)15-2/h4-7,10H,3,8H2,1-2H3,(H3,13,14). The quantitative estimate of drug-likeness (QED) is 0.455. The summed E-state index contributed by atoms with van der Waals surface area (Å²) in [5.41, 5.74) is 5.42. The van der Waals surface area contributed by atoms with Gasteiger partial charge in [0.15, 0.2) is 0 Å². The van der Waals surface area contributed by atoms with Gasteiger partial charge in [-0.25, -0.2) is 0 Å². The molecule has 88 valence electrons. The van der Waals surface area contributed by atoms with E-state index in [2.05, 4.69) is 13.0 Å². The molecule has 1 aromatic carbocycles. The van der Waals surface area contributed by atoms with Crippen molar-refractivity contribution in [1.29, 1.82) is 5.41 Å². The minimum absolute atomic E-state index is 0.252. The van der Waals surface area contributed by atoms with E-state index >= 15 is 0 Å². The molecule has 0 aliphatic carbocycles. The number of nitrogens with two attached hydrogens (primary N) is 1. The Labute approximate surface area is 101 Å². The van der Waals surface area contributed by atoms with Crippen molar-refractivity contribution in [2.24, 2.45) is 5.73 Å². The van der Waals surface area contributed by atoms with Gasteiger partial charge in [0.05, 0.1) is 12.9 Å². The van der Waals surface area contributed by atoms with Gasteiger partial charge in [0, 0.05) is 16.6 Å².